The fraction of sp³-hybridized carbons (Fsp3) is 0.926. The van der Waals surface area contributed by atoms with Crippen molar-refractivity contribution in [2.75, 3.05) is 13.2 Å². The molecule has 0 spiro atoms. The Labute approximate surface area is 374 Å². The highest BCUT2D eigenvalue weighted by atomic mass is 16.5. The molecular weight excluding hydrogens is 743 g/mol. The molecule has 0 aromatic heterocycles. The second-order valence-electron chi connectivity index (χ2n) is 18.6. The first-order valence-electron chi connectivity index (χ1n) is 26.9. The van der Waals surface area contributed by atoms with E-state index in [9.17, 15) is 19.8 Å². The number of carbonyl (C=O) groups is 2. The van der Waals surface area contributed by atoms with Crippen LogP contribution in [0.2, 0.25) is 0 Å². The smallest absolute Gasteiger partial charge is 0.305 e. The van der Waals surface area contributed by atoms with E-state index in [0.29, 0.717) is 25.9 Å². The number of ether oxygens (including phenoxy) is 1. The molecule has 2 unspecified atom stereocenters. The molecule has 0 rings (SSSR count). The Balaban J connectivity index is 3.45. The number of carbonyl (C=O) groups excluding carboxylic acids is 2. The predicted molar refractivity (Wildman–Crippen MR) is 260 cm³/mol. The van der Waals surface area contributed by atoms with Crippen LogP contribution in [-0.4, -0.2) is 47.4 Å². The van der Waals surface area contributed by atoms with Gasteiger partial charge in [0.2, 0.25) is 5.91 Å². The molecule has 0 aliphatic carbocycles. The van der Waals surface area contributed by atoms with E-state index < -0.39 is 12.1 Å². The molecule has 0 fully saturated rings. The molecule has 0 radical (unpaired) electrons. The van der Waals surface area contributed by atoms with Gasteiger partial charge in [0.25, 0.3) is 0 Å². The second kappa shape index (κ2) is 50.2. The van der Waals surface area contributed by atoms with Crippen LogP contribution in [0.3, 0.4) is 0 Å². The van der Waals surface area contributed by atoms with Crippen molar-refractivity contribution in [1.29, 1.82) is 0 Å². The van der Waals surface area contributed by atoms with Crippen molar-refractivity contribution in [3.8, 4) is 0 Å². The summed E-state index contributed by atoms with van der Waals surface area (Å²) in [6, 6.07) is -0.552. The Hall–Kier alpha value is -1.40. The number of esters is 1. The monoisotopic (exact) mass is 848 g/mol. The number of hydrogen-bond donors (Lipinski definition) is 3. The quantitative estimate of drug-likeness (QED) is 0.0322. The molecule has 0 aromatic rings. The predicted octanol–water partition coefficient (Wildman–Crippen LogP) is 16.1. The van der Waals surface area contributed by atoms with Gasteiger partial charge in [-0.25, -0.2) is 0 Å². The molecule has 0 saturated heterocycles. The summed E-state index contributed by atoms with van der Waals surface area (Å²) < 4.78 is 5.46. The maximum absolute atomic E-state index is 12.5. The third-order valence-corrected chi connectivity index (χ3v) is 12.6. The molecule has 60 heavy (non-hydrogen) atoms. The zero-order valence-electron chi connectivity index (χ0n) is 40.5. The molecule has 0 saturated carbocycles. The lowest BCUT2D eigenvalue weighted by Crippen LogP contribution is -2.45. The molecule has 0 aliphatic rings. The maximum Gasteiger partial charge on any atom is 0.305 e. The molecule has 3 N–H and O–H groups in total. The van der Waals surface area contributed by atoms with Crippen LogP contribution in [0.15, 0.2) is 12.2 Å². The average Bonchev–Trinajstić information content (AvgIpc) is 3.25. The van der Waals surface area contributed by atoms with E-state index in [2.05, 4.69) is 31.3 Å². The van der Waals surface area contributed by atoms with Gasteiger partial charge < -0.3 is 20.3 Å². The largest absolute Gasteiger partial charge is 0.466 e. The highest BCUT2D eigenvalue weighted by molar-refractivity contribution is 5.76. The summed E-state index contributed by atoms with van der Waals surface area (Å²) in [5.74, 6) is -0.0655. The van der Waals surface area contributed by atoms with Crippen molar-refractivity contribution in [3.05, 3.63) is 12.2 Å². The van der Waals surface area contributed by atoms with E-state index in [-0.39, 0.29) is 18.5 Å². The minimum atomic E-state index is -0.674. The summed E-state index contributed by atoms with van der Waals surface area (Å²) in [7, 11) is 0. The topological polar surface area (TPSA) is 95.9 Å². The van der Waals surface area contributed by atoms with Crippen molar-refractivity contribution in [2.45, 2.75) is 309 Å². The Bertz CT molecular complexity index is 893. The van der Waals surface area contributed by atoms with Crippen molar-refractivity contribution in [1.82, 2.24) is 5.32 Å². The Morgan fingerprint density at radius 1 is 0.450 bits per heavy atom. The van der Waals surface area contributed by atoms with Gasteiger partial charge in [-0.2, -0.15) is 0 Å². The van der Waals surface area contributed by atoms with Gasteiger partial charge in [-0.1, -0.05) is 244 Å². The molecule has 0 heterocycles. The molecule has 2 atom stereocenters. The number of rotatable bonds is 50. The van der Waals surface area contributed by atoms with Crippen LogP contribution in [0.5, 0.6) is 0 Å². The van der Waals surface area contributed by atoms with Crippen molar-refractivity contribution in [2.24, 2.45) is 0 Å². The molecule has 6 heteroatoms. The van der Waals surface area contributed by atoms with Crippen molar-refractivity contribution < 1.29 is 24.5 Å². The fourth-order valence-corrected chi connectivity index (χ4v) is 8.40. The maximum atomic E-state index is 12.5. The minimum absolute atomic E-state index is 0.0161. The first kappa shape index (κ1) is 58.6. The van der Waals surface area contributed by atoms with Crippen LogP contribution in [0, 0.1) is 0 Å². The fourth-order valence-electron chi connectivity index (χ4n) is 8.40. The highest BCUT2D eigenvalue weighted by Gasteiger charge is 2.20. The summed E-state index contributed by atoms with van der Waals surface area (Å²) in [6.07, 6.45) is 57.5. The lowest BCUT2D eigenvalue weighted by molar-refractivity contribution is -0.143. The number of hydrogen-bond acceptors (Lipinski definition) is 5. The van der Waals surface area contributed by atoms with Crippen LogP contribution in [-0.2, 0) is 14.3 Å². The van der Waals surface area contributed by atoms with E-state index in [1.807, 2.05) is 0 Å². The van der Waals surface area contributed by atoms with Gasteiger partial charge in [-0.05, 0) is 51.4 Å². The third kappa shape index (κ3) is 46.1. The number of aliphatic hydroxyl groups excluding tert-OH is 2. The molecular formula is C54H105NO5. The van der Waals surface area contributed by atoms with Crippen molar-refractivity contribution >= 4 is 11.9 Å². The van der Waals surface area contributed by atoms with Crippen LogP contribution in [0.1, 0.15) is 296 Å². The normalized spacial score (nSPS) is 12.7. The molecule has 356 valence electrons. The summed E-state index contributed by atoms with van der Waals surface area (Å²) in [6.45, 7) is 4.92. The van der Waals surface area contributed by atoms with Crippen molar-refractivity contribution in [3.63, 3.8) is 0 Å². The van der Waals surface area contributed by atoms with E-state index in [4.69, 9.17) is 4.74 Å². The number of nitrogens with one attached hydrogen (secondary N) is 1. The van der Waals surface area contributed by atoms with E-state index in [1.54, 1.807) is 0 Å². The van der Waals surface area contributed by atoms with Gasteiger partial charge in [-0.3, -0.25) is 9.59 Å². The second-order valence-corrected chi connectivity index (χ2v) is 18.6. The number of amides is 1. The third-order valence-electron chi connectivity index (χ3n) is 12.6. The zero-order chi connectivity index (χ0) is 43.7. The lowest BCUT2D eigenvalue weighted by Gasteiger charge is -2.22. The van der Waals surface area contributed by atoms with E-state index in [0.717, 1.165) is 57.8 Å². The van der Waals surface area contributed by atoms with Gasteiger partial charge in [0.05, 0.1) is 25.4 Å². The van der Waals surface area contributed by atoms with Crippen LogP contribution in [0.25, 0.3) is 0 Å². The first-order valence-corrected chi connectivity index (χ1v) is 26.9. The van der Waals surface area contributed by atoms with Gasteiger partial charge in [-0.15, -0.1) is 0 Å². The molecule has 1 amide bonds. The Morgan fingerprint density at radius 3 is 1.18 bits per heavy atom. The highest BCUT2D eigenvalue weighted by Crippen LogP contribution is 2.17. The first-order chi connectivity index (χ1) is 29.5. The van der Waals surface area contributed by atoms with E-state index >= 15 is 0 Å². The summed E-state index contributed by atoms with van der Waals surface area (Å²) in [5.41, 5.74) is 0. The summed E-state index contributed by atoms with van der Waals surface area (Å²) >= 11 is 0. The van der Waals surface area contributed by atoms with Gasteiger partial charge in [0.15, 0.2) is 0 Å². The molecule has 0 bridgehead atoms. The molecule has 0 aliphatic heterocycles. The zero-order valence-corrected chi connectivity index (χ0v) is 40.5. The average molecular weight is 848 g/mol. The SMILES string of the molecule is CCCCCCCCC/C=C\CCCCCCCC(=O)OCCCCCCCCCCCCCCC(=O)NC(CO)C(O)CCCCCCCCCCCCCCCCC. The summed E-state index contributed by atoms with van der Waals surface area (Å²) in [4.78, 5) is 24.5. The van der Waals surface area contributed by atoms with Gasteiger partial charge in [0.1, 0.15) is 0 Å². The van der Waals surface area contributed by atoms with Gasteiger partial charge in [0, 0.05) is 12.8 Å². The van der Waals surface area contributed by atoms with Crippen LogP contribution < -0.4 is 5.32 Å². The lowest BCUT2D eigenvalue weighted by atomic mass is 10.0. The molecule has 6 nitrogen and oxygen atoms in total. The Kier molecular flexibility index (Phi) is 49.1. The number of unbranched alkanes of at least 4 members (excludes halogenated alkanes) is 37. The number of allylic oxidation sites excluding steroid dienone is 2. The van der Waals surface area contributed by atoms with Gasteiger partial charge >= 0.3 is 5.97 Å². The van der Waals surface area contributed by atoms with E-state index in [1.165, 1.54) is 205 Å². The minimum Gasteiger partial charge on any atom is -0.466 e. The van der Waals surface area contributed by atoms with Crippen LogP contribution in [0.4, 0.5) is 0 Å². The Morgan fingerprint density at radius 2 is 0.783 bits per heavy atom. The number of aliphatic hydroxyl groups is 2. The standard InChI is InChI=1S/C54H105NO5/c1-3-5-7-9-11-13-15-17-19-21-23-28-32-36-40-44-48-54(59)60-49-45-41-37-33-29-25-24-27-31-35-39-43-47-53(58)55-51(50-56)52(57)46-42-38-34-30-26-22-20-18-16-14-12-10-8-6-4-2/h19,21,51-52,56-57H,3-18,20,22-50H2,1-2H3,(H,55,58)/b21-19-. The van der Waals surface area contributed by atoms with Crippen LogP contribution >= 0.6 is 0 Å². The molecule has 0 aromatic carbocycles. The summed E-state index contributed by atoms with van der Waals surface area (Å²) in [5, 5.41) is 23.2.